The van der Waals surface area contributed by atoms with Gasteiger partial charge in [0.05, 0.1) is 25.0 Å². The van der Waals surface area contributed by atoms with E-state index >= 15 is 0 Å². The van der Waals surface area contributed by atoms with E-state index in [1.165, 1.54) is 26.4 Å². The molecule has 1 aliphatic rings. The van der Waals surface area contributed by atoms with Crippen molar-refractivity contribution in [2.45, 2.75) is 72.6 Å². The lowest BCUT2D eigenvalue weighted by Gasteiger charge is -2.36. The van der Waals surface area contributed by atoms with Gasteiger partial charge in [0.25, 0.3) is 5.56 Å². The van der Waals surface area contributed by atoms with Gasteiger partial charge in [-0.05, 0) is 92.7 Å². The number of pyridine rings is 1. The predicted octanol–water partition coefficient (Wildman–Crippen LogP) is 6.85. The zero-order chi connectivity index (χ0) is 33.6. The second-order valence-corrected chi connectivity index (χ2v) is 15.0. The van der Waals surface area contributed by atoms with E-state index in [2.05, 4.69) is 39.4 Å². The molecule has 2 aromatic carbocycles. The molecule has 4 aromatic rings. The number of aromatic nitrogens is 1. The molecule has 47 heavy (non-hydrogen) atoms. The highest BCUT2D eigenvalue weighted by Crippen LogP contribution is 2.31. The van der Waals surface area contributed by atoms with Crippen molar-refractivity contribution < 1.29 is 23.8 Å². The minimum absolute atomic E-state index is 0.0153. The summed E-state index contributed by atoms with van der Waals surface area (Å²) in [7, 11) is 0. The number of benzene rings is 2. The van der Waals surface area contributed by atoms with Crippen LogP contribution in [-0.4, -0.2) is 66.3 Å². The van der Waals surface area contributed by atoms with Gasteiger partial charge in [-0.15, -0.1) is 11.3 Å². The molecule has 0 radical (unpaired) electrons. The third-order valence-electron chi connectivity index (χ3n) is 8.31. The zero-order valence-electron chi connectivity index (χ0n) is 28.3. The SMILES string of the molecule is CC(C)(CC(=O)OCn1c(=O)ccc2ccc(OCCCCN3CCN(c4cccc5sccc45)CC3)cc21)CC(=O)OC(C)(C)C. The first kappa shape index (κ1) is 34.4. The van der Waals surface area contributed by atoms with Crippen LogP contribution in [0.25, 0.3) is 21.0 Å². The number of rotatable bonds is 13. The molecule has 252 valence electrons. The molecule has 5 rings (SSSR count). The van der Waals surface area contributed by atoms with Crippen molar-refractivity contribution in [3.63, 3.8) is 0 Å². The van der Waals surface area contributed by atoms with E-state index in [0.717, 1.165) is 51.0 Å². The number of hydrogen-bond donors (Lipinski definition) is 0. The number of carbonyl (C=O) groups excluding carboxylic acids is 2. The van der Waals surface area contributed by atoms with Crippen molar-refractivity contribution in [2.75, 3.05) is 44.2 Å². The summed E-state index contributed by atoms with van der Waals surface area (Å²) >= 11 is 1.79. The maximum atomic E-state index is 12.8. The molecule has 0 N–H and O–H groups in total. The summed E-state index contributed by atoms with van der Waals surface area (Å²) in [5.74, 6) is -0.191. The van der Waals surface area contributed by atoms with Gasteiger partial charge >= 0.3 is 11.9 Å². The molecule has 0 spiro atoms. The molecule has 0 aliphatic carbocycles. The van der Waals surface area contributed by atoms with E-state index in [1.807, 2.05) is 52.8 Å². The van der Waals surface area contributed by atoms with Gasteiger partial charge in [-0.25, -0.2) is 0 Å². The number of hydrogen-bond acceptors (Lipinski definition) is 9. The summed E-state index contributed by atoms with van der Waals surface area (Å²) in [5, 5.41) is 4.36. The molecule has 0 atom stereocenters. The number of carbonyl (C=O) groups is 2. The highest BCUT2D eigenvalue weighted by atomic mass is 32.1. The second-order valence-electron chi connectivity index (χ2n) is 14.1. The summed E-state index contributed by atoms with van der Waals surface area (Å²) in [6.45, 7) is 14.6. The van der Waals surface area contributed by atoms with E-state index in [4.69, 9.17) is 14.2 Å². The quantitative estimate of drug-likeness (QED) is 0.114. The molecule has 1 aliphatic heterocycles. The van der Waals surface area contributed by atoms with Crippen molar-refractivity contribution in [1.29, 1.82) is 0 Å². The molecule has 3 heterocycles. The van der Waals surface area contributed by atoms with E-state index in [1.54, 1.807) is 17.4 Å². The Morgan fingerprint density at radius 2 is 1.62 bits per heavy atom. The van der Waals surface area contributed by atoms with Crippen LogP contribution >= 0.6 is 11.3 Å². The van der Waals surface area contributed by atoms with Gasteiger partial charge in [-0.2, -0.15) is 0 Å². The smallest absolute Gasteiger partial charge is 0.308 e. The Labute approximate surface area is 281 Å². The molecule has 1 fully saturated rings. The topological polar surface area (TPSA) is 90.3 Å². The van der Waals surface area contributed by atoms with Crippen LogP contribution in [-0.2, 0) is 25.8 Å². The molecule has 1 saturated heterocycles. The number of esters is 2. The van der Waals surface area contributed by atoms with Gasteiger partial charge in [0.15, 0.2) is 6.73 Å². The molecule has 2 aromatic heterocycles. The summed E-state index contributed by atoms with van der Waals surface area (Å²) in [5.41, 5.74) is 0.449. The molecule has 10 heteroatoms. The number of thiophene rings is 1. The van der Waals surface area contributed by atoms with E-state index in [0.29, 0.717) is 17.9 Å². The van der Waals surface area contributed by atoms with Gasteiger partial charge in [0.1, 0.15) is 11.4 Å². The zero-order valence-corrected chi connectivity index (χ0v) is 29.1. The van der Waals surface area contributed by atoms with E-state index in [-0.39, 0.29) is 31.1 Å². The number of ether oxygens (including phenoxy) is 3. The Morgan fingerprint density at radius 3 is 2.38 bits per heavy atom. The Morgan fingerprint density at radius 1 is 0.872 bits per heavy atom. The van der Waals surface area contributed by atoms with Crippen LogP contribution < -0.4 is 15.2 Å². The van der Waals surface area contributed by atoms with Crippen LogP contribution in [0.5, 0.6) is 5.75 Å². The molecule has 0 amide bonds. The fraction of sp³-hybridized carbons (Fsp3) is 0.486. The average molecular weight is 662 g/mol. The number of nitrogens with zero attached hydrogens (tertiary/aromatic N) is 3. The van der Waals surface area contributed by atoms with E-state index < -0.39 is 17.0 Å². The van der Waals surface area contributed by atoms with E-state index in [9.17, 15) is 14.4 Å². The summed E-state index contributed by atoms with van der Waals surface area (Å²) in [4.78, 5) is 42.8. The van der Waals surface area contributed by atoms with Gasteiger partial charge in [0, 0.05) is 54.1 Å². The maximum absolute atomic E-state index is 12.8. The van der Waals surface area contributed by atoms with Gasteiger partial charge < -0.3 is 19.1 Å². The Hall–Kier alpha value is -3.89. The fourth-order valence-electron chi connectivity index (χ4n) is 5.99. The lowest BCUT2D eigenvalue weighted by molar-refractivity contribution is -0.158. The molecule has 0 unspecified atom stereocenters. The first-order valence-corrected chi connectivity index (χ1v) is 17.3. The van der Waals surface area contributed by atoms with Crippen molar-refractivity contribution in [1.82, 2.24) is 9.47 Å². The maximum Gasteiger partial charge on any atom is 0.308 e. The van der Waals surface area contributed by atoms with Crippen molar-refractivity contribution in [3.05, 3.63) is 70.3 Å². The van der Waals surface area contributed by atoms with Gasteiger partial charge in [-0.3, -0.25) is 23.9 Å². The molecule has 0 saturated carbocycles. The van der Waals surface area contributed by atoms with Crippen LogP contribution in [0.3, 0.4) is 0 Å². The standard InChI is InChI=1S/C37H47N3O6S/c1-36(2,3)46-35(43)25-37(4,5)24-34(42)45-26-40-31-23-28(13-11-27(31)12-14-33(40)41)44-21-7-6-16-38-17-19-39(20-18-38)30-9-8-10-32-29(30)15-22-47-32/h8-15,22-23H,6-7,16-21,24-26H2,1-5H3. The fourth-order valence-corrected chi connectivity index (χ4v) is 6.80. The number of anilines is 1. The second kappa shape index (κ2) is 14.9. The van der Waals surface area contributed by atoms with Gasteiger partial charge in [0.2, 0.25) is 0 Å². The van der Waals surface area contributed by atoms with Crippen LogP contribution in [0.1, 0.15) is 60.3 Å². The lowest BCUT2D eigenvalue weighted by Crippen LogP contribution is -2.46. The Kier molecular flexibility index (Phi) is 10.9. The van der Waals surface area contributed by atoms with Gasteiger partial charge in [-0.1, -0.05) is 19.9 Å². The minimum Gasteiger partial charge on any atom is -0.494 e. The highest BCUT2D eigenvalue weighted by molar-refractivity contribution is 7.17. The molecular weight excluding hydrogens is 614 g/mol. The number of piperazine rings is 1. The molecular formula is C37H47N3O6S. The number of fused-ring (bicyclic) bond motifs is 2. The van der Waals surface area contributed by atoms with Crippen LogP contribution in [0.2, 0.25) is 0 Å². The summed E-state index contributed by atoms with van der Waals surface area (Å²) < 4.78 is 19.8. The van der Waals surface area contributed by atoms with Crippen LogP contribution in [0.15, 0.2) is 64.8 Å². The third-order valence-corrected chi connectivity index (χ3v) is 9.19. The number of unbranched alkanes of at least 4 members (excludes halogenated alkanes) is 1. The minimum atomic E-state index is -0.655. The molecule has 9 nitrogen and oxygen atoms in total. The van der Waals surface area contributed by atoms with Crippen LogP contribution in [0, 0.1) is 5.41 Å². The van der Waals surface area contributed by atoms with Crippen molar-refractivity contribution >= 4 is 50.0 Å². The third kappa shape index (κ3) is 9.58. The van der Waals surface area contributed by atoms with Crippen LogP contribution in [0.4, 0.5) is 5.69 Å². The first-order valence-electron chi connectivity index (χ1n) is 16.4. The average Bonchev–Trinajstić information content (AvgIpc) is 3.48. The normalized spacial score (nSPS) is 14.4. The predicted molar refractivity (Wildman–Crippen MR) is 188 cm³/mol. The Bertz CT molecular complexity index is 1750. The largest absolute Gasteiger partial charge is 0.494 e. The first-order chi connectivity index (χ1) is 22.4. The van der Waals surface area contributed by atoms with Crippen molar-refractivity contribution in [3.8, 4) is 5.75 Å². The Balaban J connectivity index is 1.07. The summed E-state index contributed by atoms with van der Waals surface area (Å²) in [6.07, 6.45) is 2.06. The molecule has 0 bridgehead atoms. The summed E-state index contributed by atoms with van der Waals surface area (Å²) in [6, 6.07) is 17.7. The lowest BCUT2D eigenvalue weighted by atomic mass is 9.86. The highest BCUT2D eigenvalue weighted by Gasteiger charge is 2.29. The van der Waals surface area contributed by atoms with Crippen molar-refractivity contribution in [2.24, 2.45) is 5.41 Å². The monoisotopic (exact) mass is 661 g/mol.